The van der Waals surface area contributed by atoms with Crippen molar-refractivity contribution in [1.82, 2.24) is 0 Å². The lowest BCUT2D eigenvalue weighted by Crippen LogP contribution is -2.00. The predicted molar refractivity (Wildman–Crippen MR) is 172 cm³/mol. The molecule has 0 bridgehead atoms. The molecule has 51 heavy (non-hydrogen) atoms. The SMILES string of the molecule is O=COCCCCC(=O)O.O=COCCCCCCCCC(=O)O.O=COc1cc(OC=O)cc(C(=O)O)c1.O=COc1ccc(C(=O)O)cc1. The highest BCUT2D eigenvalue weighted by atomic mass is 16.5. The van der Waals surface area contributed by atoms with Gasteiger partial charge in [-0.2, -0.15) is 0 Å². The first-order chi connectivity index (χ1) is 24.4. The van der Waals surface area contributed by atoms with E-state index in [4.69, 9.17) is 20.4 Å². The van der Waals surface area contributed by atoms with E-state index >= 15 is 0 Å². The van der Waals surface area contributed by atoms with Gasteiger partial charge in [0.25, 0.3) is 32.4 Å². The number of benzene rings is 2. The van der Waals surface area contributed by atoms with Gasteiger partial charge in [0.15, 0.2) is 0 Å². The van der Waals surface area contributed by atoms with Crippen LogP contribution in [0.3, 0.4) is 0 Å². The van der Waals surface area contributed by atoms with E-state index in [2.05, 4.69) is 23.7 Å². The second-order valence-electron chi connectivity index (χ2n) is 9.52. The number of aliphatic carboxylic acids is 2. The number of carbonyl (C=O) groups is 9. The van der Waals surface area contributed by atoms with Gasteiger partial charge in [-0.1, -0.05) is 25.7 Å². The van der Waals surface area contributed by atoms with E-state index in [-0.39, 0.29) is 54.9 Å². The molecule has 0 aliphatic heterocycles. The Hall–Kier alpha value is -6.33. The highest BCUT2D eigenvalue weighted by Crippen LogP contribution is 2.22. The molecule has 0 fully saturated rings. The number of carboxylic acids is 4. The van der Waals surface area contributed by atoms with Crippen molar-refractivity contribution in [2.45, 2.75) is 64.2 Å². The summed E-state index contributed by atoms with van der Waals surface area (Å²) in [5.41, 5.74) is 0.0134. The van der Waals surface area contributed by atoms with Crippen LogP contribution in [0.5, 0.6) is 17.2 Å². The molecule has 0 aliphatic rings. The first kappa shape index (κ1) is 46.8. The Kier molecular flexibility index (Phi) is 29.6. The molecule has 280 valence electrons. The molecule has 0 saturated heterocycles. The third kappa shape index (κ3) is 29.5. The van der Waals surface area contributed by atoms with Crippen molar-refractivity contribution in [1.29, 1.82) is 0 Å². The van der Waals surface area contributed by atoms with E-state index in [1.165, 1.54) is 30.3 Å². The third-order valence-corrected chi connectivity index (χ3v) is 5.72. The van der Waals surface area contributed by atoms with Crippen LogP contribution in [0.2, 0.25) is 0 Å². The molecule has 0 amide bonds. The fourth-order valence-corrected chi connectivity index (χ4v) is 3.40. The molecule has 0 spiro atoms. The number of ether oxygens (including phenoxy) is 5. The minimum atomic E-state index is -1.22. The number of hydrogen-bond acceptors (Lipinski definition) is 14. The highest BCUT2D eigenvalue weighted by molar-refractivity contribution is 5.89. The molecule has 2 aromatic carbocycles. The smallest absolute Gasteiger partial charge is 0.335 e. The average Bonchev–Trinajstić information content (AvgIpc) is 3.09. The molecule has 0 radical (unpaired) electrons. The number of unbranched alkanes of at least 4 members (excludes halogenated alkanes) is 6. The van der Waals surface area contributed by atoms with Gasteiger partial charge in [0.05, 0.1) is 24.3 Å². The number of carboxylic acid groups (broad SMARTS) is 4. The summed E-state index contributed by atoms with van der Waals surface area (Å²) < 4.78 is 22.2. The van der Waals surface area contributed by atoms with Crippen molar-refractivity contribution in [2.24, 2.45) is 0 Å². The lowest BCUT2D eigenvalue weighted by molar-refractivity contribution is -0.138. The second kappa shape index (κ2) is 32.2. The quantitative estimate of drug-likeness (QED) is 0.0885. The van der Waals surface area contributed by atoms with Crippen LogP contribution in [-0.4, -0.2) is 89.9 Å². The Bertz CT molecular complexity index is 1310. The van der Waals surface area contributed by atoms with Crippen LogP contribution in [0, 0.1) is 0 Å². The maximum atomic E-state index is 10.6. The Morgan fingerprint density at radius 1 is 0.451 bits per heavy atom. The molecule has 0 saturated carbocycles. The summed E-state index contributed by atoms with van der Waals surface area (Å²) in [6.07, 6.45) is 7.42. The summed E-state index contributed by atoms with van der Waals surface area (Å²) in [5, 5.41) is 33.7. The first-order valence-corrected chi connectivity index (χ1v) is 15.0. The Morgan fingerprint density at radius 3 is 1.22 bits per heavy atom. The maximum absolute atomic E-state index is 10.6. The van der Waals surface area contributed by atoms with E-state index in [0.29, 0.717) is 44.7 Å². The van der Waals surface area contributed by atoms with E-state index in [0.717, 1.165) is 50.7 Å². The van der Waals surface area contributed by atoms with Crippen molar-refractivity contribution in [3.8, 4) is 17.2 Å². The van der Waals surface area contributed by atoms with Crippen LogP contribution < -0.4 is 14.2 Å². The zero-order chi connectivity index (χ0) is 38.7. The monoisotopic (exact) mass is 724 g/mol. The Balaban J connectivity index is 0. The fraction of sp³-hybridized carbons (Fsp3) is 0.364. The van der Waals surface area contributed by atoms with Crippen LogP contribution in [0.25, 0.3) is 0 Å². The van der Waals surface area contributed by atoms with E-state index in [9.17, 15) is 43.2 Å². The lowest BCUT2D eigenvalue weighted by atomic mass is 10.1. The summed E-state index contributed by atoms with van der Waals surface area (Å²) in [5.74, 6) is -3.45. The van der Waals surface area contributed by atoms with Crippen LogP contribution in [0.15, 0.2) is 42.5 Å². The number of rotatable bonds is 24. The lowest BCUT2D eigenvalue weighted by Gasteiger charge is -2.03. The van der Waals surface area contributed by atoms with E-state index < -0.39 is 23.9 Å². The van der Waals surface area contributed by atoms with Gasteiger partial charge in [-0.25, -0.2) is 9.59 Å². The Morgan fingerprint density at radius 2 is 0.824 bits per heavy atom. The number of hydrogen-bond donors (Lipinski definition) is 4. The standard InChI is InChI=1S/C10H18O4.C9H6O6.C8H6O4.C6H10O4/c11-9-14-8-6-4-2-1-3-5-7-10(12)13;10-4-14-7-1-6(9(12)13)2-8(3-7)15-5-11;9-5-12-7-3-1-6(2-4-7)8(10)11;7-5-10-4-2-1-3-6(8)9/h9H,1-8H2,(H,12,13);1-5H,(H,12,13);1-5H,(H,10,11);5H,1-4H2,(H,8,9). The molecule has 18 heteroatoms. The molecule has 0 atom stereocenters. The van der Waals surface area contributed by atoms with Gasteiger partial charge in [-0.15, -0.1) is 0 Å². The van der Waals surface area contributed by atoms with Gasteiger partial charge >= 0.3 is 23.9 Å². The summed E-state index contributed by atoms with van der Waals surface area (Å²) in [6, 6.07) is 9.04. The largest absolute Gasteiger partial charge is 0.481 e. The normalized spacial score (nSPS) is 9.18. The second-order valence-corrected chi connectivity index (χ2v) is 9.52. The summed E-state index contributed by atoms with van der Waals surface area (Å²) in [6.45, 7) is 2.22. The van der Waals surface area contributed by atoms with Crippen LogP contribution in [0.1, 0.15) is 84.9 Å². The number of carbonyl (C=O) groups excluding carboxylic acids is 5. The number of aromatic carboxylic acids is 2. The van der Waals surface area contributed by atoms with Crippen molar-refractivity contribution in [3.63, 3.8) is 0 Å². The molecule has 2 rings (SSSR count). The molecule has 0 aromatic heterocycles. The molecule has 0 heterocycles. The van der Waals surface area contributed by atoms with Gasteiger partial charge in [0.2, 0.25) is 0 Å². The zero-order valence-corrected chi connectivity index (χ0v) is 27.4. The van der Waals surface area contributed by atoms with Crippen LogP contribution >= 0.6 is 0 Å². The minimum Gasteiger partial charge on any atom is -0.481 e. The minimum absolute atomic E-state index is 0.0123. The van der Waals surface area contributed by atoms with Crippen LogP contribution in [0.4, 0.5) is 0 Å². The summed E-state index contributed by atoms with van der Waals surface area (Å²) in [7, 11) is 0. The van der Waals surface area contributed by atoms with Crippen LogP contribution in [-0.2, 0) is 43.0 Å². The van der Waals surface area contributed by atoms with E-state index in [1.807, 2.05) is 0 Å². The molecular formula is C33H40O18. The summed E-state index contributed by atoms with van der Waals surface area (Å²) >= 11 is 0. The first-order valence-electron chi connectivity index (χ1n) is 15.0. The maximum Gasteiger partial charge on any atom is 0.335 e. The Labute approximate surface area is 291 Å². The molecule has 4 N–H and O–H groups in total. The molecular weight excluding hydrogens is 684 g/mol. The molecule has 18 nitrogen and oxygen atoms in total. The average molecular weight is 725 g/mol. The van der Waals surface area contributed by atoms with Gasteiger partial charge in [0, 0.05) is 18.9 Å². The van der Waals surface area contributed by atoms with Gasteiger partial charge in [-0.3, -0.25) is 33.6 Å². The van der Waals surface area contributed by atoms with Gasteiger partial charge < -0.3 is 44.1 Å². The highest BCUT2D eigenvalue weighted by Gasteiger charge is 2.09. The predicted octanol–water partition coefficient (Wildman–Crippen LogP) is 3.76. The van der Waals surface area contributed by atoms with Crippen molar-refractivity contribution >= 4 is 56.2 Å². The fourth-order valence-electron chi connectivity index (χ4n) is 3.40. The van der Waals surface area contributed by atoms with Crippen molar-refractivity contribution in [3.05, 3.63) is 53.6 Å². The van der Waals surface area contributed by atoms with E-state index in [1.54, 1.807) is 0 Å². The van der Waals surface area contributed by atoms with Crippen molar-refractivity contribution in [2.75, 3.05) is 13.2 Å². The molecule has 0 aliphatic carbocycles. The molecule has 0 unspecified atom stereocenters. The topological polar surface area (TPSA) is 281 Å². The van der Waals surface area contributed by atoms with Gasteiger partial charge in [-0.05, 0) is 62.1 Å². The third-order valence-electron chi connectivity index (χ3n) is 5.72. The van der Waals surface area contributed by atoms with Crippen molar-refractivity contribution < 1.29 is 87.3 Å². The van der Waals surface area contributed by atoms with Gasteiger partial charge in [0.1, 0.15) is 17.2 Å². The summed E-state index contributed by atoms with van der Waals surface area (Å²) in [4.78, 5) is 90.3. The zero-order valence-electron chi connectivity index (χ0n) is 27.4. The molecule has 2 aromatic rings.